The molecule has 0 aromatic heterocycles. The Bertz CT molecular complexity index is 314. The summed E-state index contributed by atoms with van der Waals surface area (Å²) in [5, 5.41) is 0. The number of carbonyl (C=O) groups is 2. The van der Waals surface area contributed by atoms with E-state index in [0.717, 1.165) is 32.1 Å². The van der Waals surface area contributed by atoms with E-state index in [0.29, 0.717) is 6.61 Å². The van der Waals surface area contributed by atoms with Gasteiger partial charge in [-0.3, -0.25) is 9.59 Å². The third-order valence-electron chi connectivity index (χ3n) is 3.91. The summed E-state index contributed by atoms with van der Waals surface area (Å²) in [6, 6.07) is 0. The van der Waals surface area contributed by atoms with Crippen molar-refractivity contribution in [2.75, 3.05) is 6.61 Å². The van der Waals surface area contributed by atoms with E-state index in [1.54, 1.807) is 0 Å². The van der Waals surface area contributed by atoms with Crippen LogP contribution in [0.5, 0.6) is 0 Å². The predicted octanol–water partition coefficient (Wildman–Crippen LogP) is 3.09. The van der Waals surface area contributed by atoms with E-state index in [2.05, 4.69) is 0 Å². The first kappa shape index (κ1) is 16.0. The van der Waals surface area contributed by atoms with Crippen molar-refractivity contribution in [2.45, 2.75) is 65.4 Å². The van der Waals surface area contributed by atoms with Crippen LogP contribution in [0.15, 0.2) is 0 Å². The summed E-state index contributed by atoms with van der Waals surface area (Å²) >= 11 is 0. The molecule has 0 N–H and O–H groups in total. The monoisotopic (exact) mass is 270 g/mol. The molecule has 0 atom stereocenters. The minimum Gasteiger partial charge on any atom is -0.466 e. The van der Waals surface area contributed by atoms with Crippen molar-refractivity contribution in [3.05, 3.63) is 0 Å². The summed E-state index contributed by atoms with van der Waals surface area (Å²) in [7, 11) is 0. The topological polar surface area (TPSA) is 52.6 Å². The number of carbonyl (C=O) groups excluding carboxylic acids is 2. The van der Waals surface area contributed by atoms with Gasteiger partial charge in [0.1, 0.15) is 5.60 Å². The molecule has 0 spiro atoms. The Morgan fingerprint density at radius 1 is 1.00 bits per heavy atom. The molecule has 110 valence electrons. The number of rotatable bonds is 5. The molecule has 1 aliphatic rings. The molecule has 0 unspecified atom stereocenters. The molecule has 1 saturated carbocycles. The molecule has 0 aliphatic heterocycles. The lowest BCUT2D eigenvalue weighted by Crippen LogP contribution is -2.33. The maximum atomic E-state index is 12.0. The lowest BCUT2D eigenvalue weighted by atomic mass is 9.82. The first-order valence-corrected chi connectivity index (χ1v) is 7.29. The first-order valence-electron chi connectivity index (χ1n) is 7.29. The number of hydrogen-bond donors (Lipinski definition) is 0. The Morgan fingerprint density at radius 2 is 1.47 bits per heavy atom. The van der Waals surface area contributed by atoms with Gasteiger partial charge >= 0.3 is 11.9 Å². The van der Waals surface area contributed by atoms with Crippen LogP contribution in [0.1, 0.15) is 59.8 Å². The van der Waals surface area contributed by atoms with Crippen molar-refractivity contribution in [3.8, 4) is 0 Å². The van der Waals surface area contributed by atoms with Gasteiger partial charge < -0.3 is 9.47 Å². The van der Waals surface area contributed by atoms with E-state index in [-0.39, 0.29) is 23.8 Å². The fraction of sp³-hybridized carbons (Fsp3) is 0.867. The van der Waals surface area contributed by atoms with Crippen molar-refractivity contribution in [1.29, 1.82) is 0 Å². The largest absolute Gasteiger partial charge is 0.466 e. The van der Waals surface area contributed by atoms with Crippen LogP contribution < -0.4 is 0 Å². The quantitative estimate of drug-likeness (QED) is 0.720. The molecule has 0 amide bonds. The minimum atomic E-state index is -0.394. The van der Waals surface area contributed by atoms with Crippen LogP contribution in [0, 0.1) is 11.8 Å². The van der Waals surface area contributed by atoms with Gasteiger partial charge in [-0.2, -0.15) is 0 Å². The van der Waals surface area contributed by atoms with E-state index in [1.807, 2.05) is 27.7 Å². The molecular formula is C15H26O4. The second-order valence-corrected chi connectivity index (χ2v) is 5.83. The zero-order valence-electron chi connectivity index (χ0n) is 12.5. The summed E-state index contributed by atoms with van der Waals surface area (Å²) in [6.45, 7) is 8.09. The molecule has 4 heteroatoms. The normalized spacial score (nSPS) is 23.8. The van der Waals surface area contributed by atoms with Gasteiger partial charge in [0, 0.05) is 0 Å². The van der Waals surface area contributed by atoms with Crippen LogP contribution in [0.25, 0.3) is 0 Å². The Kier molecular flexibility index (Phi) is 5.83. The molecule has 0 aromatic rings. The second-order valence-electron chi connectivity index (χ2n) is 5.83. The Morgan fingerprint density at radius 3 is 1.89 bits per heavy atom. The van der Waals surface area contributed by atoms with Gasteiger partial charge in [0.25, 0.3) is 0 Å². The average molecular weight is 270 g/mol. The summed E-state index contributed by atoms with van der Waals surface area (Å²) in [5.41, 5.74) is -0.394. The highest BCUT2D eigenvalue weighted by molar-refractivity contribution is 5.75. The van der Waals surface area contributed by atoms with Crippen LogP contribution in [0.3, 0.4) is 0 Å². The Balaban J connectivity index is 2.41. The molecule has 1 rings (SSSR count). The van der Waals surface area contributed by atoms with E-state index in [1.165, 1.54) is 0 Å². The third kappa shape index (κ3) is 4.84. The fourth-order valence-corrected chi connectivity index (χ4v) is 2.25. The maximum absolute atomic E-state index is 12.0. The number of esters is 2. The second kappa shape index (κ2) is 6.92. The molecule has 1 fully saturated rings. The van der Waals surface area contributed by atoms with Crippen molar-refractivity contribution in [2.24, 2.45) is 11.8 Å². The molecule has 0 aromatic carbocycles. The molecule has 0 heterocycles. The fourth-order valence-electron chi connectivity index (χ4n) is 2.25. The van der Waals surface area contributed by atoms with Gasteiger partial charge in [-0.1, -0.05) is 6.92 Å². The molecule has 0 saturated heterocycles. The van der Waals surface area contributed by atoms with Gasteiger partial charge in [0.05, 0.1) is 18.4 Å². The smallest absolute Gasteiger partial charge is 0.309 e. The molecule has 1 aliphatic carbocycles. The van der Waals surface area contributed by atoms with Crippen LogP contribution in [0.4, 0.5) is 0 Å². The highest BCUT2D eigenvalue weighted by atomic mass is 16.6. The Hall–Kier alpha value is -1.06. The SMILES string of the molecule is CCOC(=O)C1CCC(C(=O)OC(C)(C)CC)CC1. The maximum Gasteiger partial charge on any atom is 0.309 e. The van der Waals surface area contributed by atoms with Crippen molar-refractivity contribution in [3.63, 3.8) is 0 Å². The first-order chi connectivity index (χ1) is 8.89. The highest BCUT2D eigenvalue weighted by Crippen LogP contribution is 2.31. The standard InChI is InChI=1S/C15H26O4/c1-5-15(3,4)19-14(17)12-9-7-11(8-10-12)13(16)18-6-2/h11-12H,5-10H2,1-4H3. The van der Waals surface area contributed by atoms with Crippen molar-refractivity contribution < 1.29 is 19.1 Å². The van der Waals surface area contributed by atoms with Crippen molar-refractivity contribution >= 4 is 11.9 Å². The Labute approximate surface area is 115 Å². The highest BCUT2D eigenvalue weighted by Gasteiger charge is 2.33. The minimum absolute atomic E-state index is 0.0387. The van der Waals surface area contributed by atoms with Crippen LogP contribution in [0.2, 0.25) is 0 Å². The van der Waals surface area contributed by atoms with E-state index < -0.39 is 5.60 Å². The van der Waals surface area contributed by atoms with Crippen LogP contribution in [-0.4, -0.2) is 24.1 Å². The summed E-state index contributed by atoms with van der Waals surface area (Å²) < 4.78 is 10.5. The zero-order chi connectivity index (χ0) is 14.5. The van der Waals surface area contributed by atoms with E-state index in [4.69, 9.17) is 9.47 Å². The predicted molar refractivity (Wildman–Crippen MR) is 72.5 cm³/mol. The summed E-state index contributed by atoms with van der Waals surface area (Å²) in [6.07, 6.45) is 3.71. The molecule has 19 heavy (non-hydrogen) atoms. The lowest BCUT2D eigenvalue weighted by molar-refractivity contribution is -0.165. The lowest BCUT2D eigenvalue weighted by Gasteiger charge is -2.30. The van der Waals surface area contributed by atoms with Gasteiger partial charge in [-0.05, 0) is 52.9 Å². The van der Waals surface area contributed by atoms with Crippen LogP contribution >= 0.6 is 0 Å². The number of hydrogen-bond acceptors (Lipinski definition) is 4. The summed E-state index contributed by atoms with van der Waals surface area (Å²) in [4.78, 5) is 23.6. The van der Waals surface area contributed by atoms with Gasteiger partial charge in [0.15, 0.2) is 0 Å². The van der Waals surface area contributed by atoms with Gasteiger partial charge in [-0.25, -0.2) is 0 Å². The zero-order valence-corrected chi connectivity index (χ0v) is 12.5. The van der Waals surface area contributed by atoms with E-state index in [9.17, 15) is 9.59 Å². The molecule has 0 bridgehead atoms. The molecule has 4 nitrogen and oxygen atoms in total. The van der Waals surface area contributed by atoms with E-state index >= 15 is 0 Å². The molecular weight excluding hydrogens is 244 g/mol. The average Bonchev–Trinajstić information content (AvgIpc) is 2.38. The van der Waals surface area contributed by atoms with Gasteiger partial charge in [0.2, 0.25) is 0 Å². The van der Waals surface area contributed by atoms with Gasteiger partial charge in [-0.15, -0.1) is 0 Å². The van der Waals surface area contributed by atoms with Crippen LogP contribution in [-0.2, 0) is 19.1 Å². The third-order valence-corrected chi connectivity index (χ3v) is 3.91. The summed E-state index contributed by atoms with van der Waals surface area (Å²) in [5.74, 6) is -0.336. The number of ether oxygens (including phenoxy) is 2. The van der Waals surface area contributed by atoms with Crippen molar-refractivity contribution in [1.82, 2.24) is 0 Å². The molecule has 0 radical (unpaired) electrons.